The molecule has 0 aromatic carbocycles. The molecule has 8 heteroatoms. The quantitative estimate of drug-likeness (QED) is 0.814. The summed E-state index contributed by atoms with van der Waals surface area (Å²) in [4.78, 5) is 11.9. The lowest BCUT2D eigenvalue weighted by Gasteiger charge is -2.12. The number of hydrogen-bond donors (Lipinski definition) is 2. The molecule has 19 heavy (non-hydrogen) atoms. The Hall–Kier alpha value is -0.960. The fourth-order valence-corrected chi connectivity index (χ4v) is 3.59. The fourth-order valence-electron chi connectivity index (χ4n) is 1.58. The van der Waals surface area contributed by atoms with Crippen molar-refractivity contribution in [2.24, 2.45) is 5.14 Å². The molecular formula is C11H18N2O4S2. The van der Waals surface area contributed by atoms with Gasteiger partial charge in [0.1, 0.15) is 4.21 Å². The van der Waals surface area contributed by atoms with Gasteiger partial charge >= 0.3 is 0 Å². The van der Waals surface area contributed by atoms with Crippen molar-refractivity contribution in [3.63, 3.8) is 0 Å². The van der Waals surface area contributed by atoms with Crippen LogP contribution in [0.25, 0.3) is 0 Å². The number of nitrogens with one attached hydrogen (secondary N) is 1. The van der Waals surface area contributed by atoms with E-state index in [-0.39, 0.29) is 16.2 Å². The van der Waals surface area contributed by atoms with Gasteiger partial charge in [-0.1, -0.05) is 0 Å². The summed E-state index contributed by atoms with van der Waals surface area (Å²) in [6.07, 6.45) is -0.0920. The molecule has 108 valence electrons. The Balaban J connectivity index is 2.77. The van der Waals surface area contributed by atoms with Crippen LogP contribution in [0.2, 0.25) is 0 Å². The summed E-state index contributed by atoms with van der Waals surface area (Å²) in [5.74, 6) is -0.324. The summed E-state index contributed by atoms with van der Waals surface area (Å²) in [5.41, 5.74) is 0.715. The van der Waals surface area contributed by atoms with Gasteiger partial charge in [-0.2, -0.15) is 0 Å². The van der Waals surface area contributed by atoms with E-state index < -0.39 is 10.0 Å². The van der Waals surface area contributed by atoms with Crippen molar-refractivity contribution >= 4 is 27.3 Å². The SMILES string of the molecule is CCOC(C)CNC(=O)c1csc(S(N)(=O)=O)c1C. The highest BCUT2D eigenvalue weighted by molar-refractivity contribution is 7.91. The van der Waals surface area contributed by atoms with Gasteiger partial charge in [0, 0.05) is 18.5 Å². The van der Waals surface area contributed by atoms with E-state index in [1.165, 1.54) is 5.38 Å². The van der Waals surface area contributed by atoms with Gasteiger partial charge in [0.25, 0.3) is 5.91 Å². The van der Waals surface area contributed by atoms with Crippen LogP contribution in [0.3, 0.4) is 0 Å². The second-order valence-corrected chi connectivity index (χ2v) is 6.72. The van der Waals surface area contributed by atoms with Crippen LogP contribution in [0.4, 0.5) is 0 Å². The lowest BCUT2D eigenvalue weighted by molar-refractivity contribution is 0.0695. The van der Waals surface area contributed by atoms with Crippen molar-refractivity contribution in [3.8, 4) is 0 Å². The molecule has 0 radical (unpaired) electrons. The van der Waals surface area contributed by atoms with Gasteiger partial charge in [0.15, 0.2) is 0 Å². The van der Waals surface area contributed by atoms with Gasteiger partial charge in [-0.25, -0.2) is 13.6 Å². The van der Waals surface area contributed by atoms with Gasteiger partial charge in [0.2, 0.25) is 10.0 Å². The second-order valence-electron chi connectivity index (χ2n) is 4.08. The normalized spacial score (nSPS) is 13.3. The number of carbonyl (C=O) groups excluding carboxylic acids is 1. The monoisotopic (exact) mass is 306 g/mol. The minimum atomic E-state index is -3.77. The van der Waals surface area contributed by atoms with Crippen LogP contribution >= 0.6 is 11.3 Å². The number of carbonyl (C=O) groups is 1. The van der Waals surface area contributed by atoms with Crippen molar-refractivity contribution in [2.45, 2.75) is 31.1 Å². The van der Waals surface area contributed by atoms with E-state index in [4.69, 9.17) is 9.88 Å². The Morgan fingerprint density at radius 3 is 2.68 bits per heavy atom. The highest BCUT2D eigenvalue weighted by Gasteiger charge is 2.20. The molecule has 0 bridgehead atoms. The first-order valence-corrected chi connectivity index (χ1v) is 8.20. The molecule has 6 nitrogen and oxygen atoms in total. The number of sulfonamides is 1. The van der Waals surface area contributed by atoms with E-state index in [2.05, 4.69) is 5.32 Å². The molecule has 1 amide bonds. The van der Waals surface area contributed by atoms with Crippen LogP contribution in [0, 0.1) is 6.92 Å². The third-order valence-electron chi connectivity index (χ3n) is 2.50. The minimum absolute atomic E-state index is 0.0236. The molecule has 1 rings (SSSR count). The molecule has 0 saturated carbocycles. The third kappa shape index (κ3) is 4.27. The predicted molar refractivity (Wildman–Crippen MR) is 73.9 cm³/mol. The van der Waals surface area contributed by atoms with Crippen molar-refractivity contribution in [1.29, 1.82) is 0 Å². The number of nitrogens with two attached hydrogens (primary N) is 1. The largest absolute Gasteiger partial charge is 0.377 e. The zero-order chi connectivity index (χ0) is 14.6. The molecule has 1 heterocycles. The molecule has 0 aliphatic rings. The van der Waals surface area contributed by atoms with Crippen molar-refractivity contribution in [1.82, 2.24) is 5.32 Å². The fraction of sp³-hybridized carbons (Fsp3) is 0.545. The minimum Gasteiger partial charge on any atom is -0.377 e. The molecule has 1 atom stereocenters. The highest BCUT2D eigenvalue weighted by atomic mass is 32.2. The Morgan fingerprint density at radius 1 is 1.58 bits per heavy atom. The van der Waals surface area contributed by atoms with Gasteiger partial charge in [0.05, 0.1) is 11.7 Å². The molecule has 1 aromatic heterocycles. The molecular weight excluding hydrogens is 288 g/mol. The molecule has 1 aromatic rings. The molecule has 0 saturated heterocycles. The van der Waals surface area contributed by atoms with Crippen LogP contribution < -0.4 is 10.5 Å². The maximum atomic E-state index is 11.9. The van der Waals surface area contributed by atoms with Gasteiger partial charge in [-0.3, -0.25) is 4.79 Å². The lowest BCUT2D eigenvalue weighted by Crippen LogP contribution is -2.32. The van der Waals surface area contributed by atoms with Crippen molar-refractivity contribution in [3.05, 3.63) is 16.5 Å². The van der Waals surface area contributed by atoms with Crippen LogP contribution in [0.5, 0.6) is 0 Å². The van der Waals surface area contributed by atoms with E-state index in [1.54, 1.807) is 6.92 Å². The maximum Gasteiger partial charge on any atom is 0.252 e. The highest BCUT2D eigenvalue weighted by Crippen LogP contribution is 2.25. The third-order valence-corrected chi connectivity index (χ3v) is 5.18. The number of primary sulfonamides is 1. The number of hydrogen-bond acceptors (Lipinski definition) is 5. The number of rotatable bonds is 6. The van der Waals surface area contributed by atoms with E-state index in [0.717, 1.165) is 11.3 Å². The maximum absolute atomic E-state index is 11.9. The lowest BCUT2D eigenvalue weighted by atomic mass is 10.2. The molecule has 0 aliphatic heterocycles. The average Bonchev–Trinajstić information content (AvgIpc) is 2.68. The number of thiophene rings is 1. The summed E-state index contributed by atoms with van der Waals surface area (Å²) in [6, 6.07) is 0. The van der Waals surface area contributed by atoms with Crippen molar-refractivity contribution < 1.29 is 17.9 Å². The molecule has 0 aliphatic carbocycles. The zero-order valence-corrected chi connectivity index (χ0v) is 12.7. The van der Waals surface area contributed by atoms with E-state index in [9.17, 15) is 13.2 Å². The van der Waals surface area contributed by atoms with Gasteiger partial charge in [-0.05, 0) is 26.3 Å². The van der Waals surface area contributed by atoms with Crippen LogP contribution in [-0.2, 0) is 14.8 Å². The smallest absolute Gasteiger partial charge is 0.252 e. The molecule has 1 unspecified atom stereocenters. The predicted octanol–water partition coefficient (Wildman–Crippen LogP) is 0.859. The first-order chi connectivity index (χ1) is 8.77. The van der Waals surface area contributed by atoms with E-state index in [0.29, 0.717) is 24.3 Å². The summed E-state index contributed by atoms with van der Waals surface area (Å²) in [6.45, 7) is 6.23. The van der Waals surface area contributed by atoms with Gasteiger partial charge < -0.3 is 10.1 Å². The molecule has 3 N–H and O–H groups in total. The first-order valence-electron chi connectivity index (χ1n) is 5.78. The number of amides is 1. The summed E-state index contributed by atoms with van der Waals surface area (Å²) < 4.78 is 27.9. The van der Waals surface area contributed by atoms with Crippen molar-refractivity contribution in [2.75, 3.05) is 13.2 Å². The Labute approximate surface area is 117 Å². The van der Waals surface area contributed by atoms with E-state index in [1.807, 2.05) is 13.8 Å². The Morgan fingerprint density at radius 2 is 2.21 bits per heavy atom. The Kier molecular flexibility index (Phi) is 5.48. The summed E-state index contributed by atoms with van der Waals surface area (Å²) in [7, 11) is -3.77. The van der Waals surface area contributed by atoms with Crippen LogP contribution in [0.15, 0.2) is 9.59 Å². The second kappa shape index (κ2) is 6.47. The molecule has 0 spiro atoms. The van der Waals surface area contributed by atoms with Crippen LogP contribution in [-0.4, -0.2) is 33.6 Å². The topological polar surface area (TPSA) is 98.5 Å². The Bertz CT molecular complexity index is 551. The average molecular weight is 306 g/mol. The van der Waals surface area contributed by atoms with Crippen LogP contribution in [0.1, 0.15) is 29.8 Å². The standard InChI is InChI=1S/C11H18N2O4S2/c1-4-17-7(2)5-13-10(14)9-6-18-11(8(9)3)19(12,15)16/h6-7H,4-5H2,1-3H3,(H,13,14)(H2,12,15,16). The number of ether oxygens (including phenoxy) is 1. The van der Waals surface area contributed by atoms with E-state index >= 15 is 0 Å². The first kappa shape index (κ1) is 16.1. The zero-order valence-electron chi connectivity index (χ0n) is 11.1. The summed E-state index contributed by atoms with van der Waals surface area (Å²) in [5, 5.41) is 9.26. The summed E-state index contributed by atoms with van der Waals surface area (Å²) >= 11 is 0.951. The van der Waals surface area contributed by atoms with Gasteiger partial charge in [-0.15, -0.1) is 11.3 Å². The molecule has 0 fully saturated rings.